The van der Waals surface area contributed by atoms with Crippen LogP contribution < -0.4 is 0 Å². The van der Waals surface area contributed by atoms with E-state index in [9.17, 15) is 0 Å². The van der Waals surface area contributed by atoms with Crippen LogP contribution in [0.25, 0.3) is 6.08 Å². The molecule has 11 heavy (non-hydrogen) atoms. The number of rotatable bonds is 2. The molecule has 1 heterocycles. The first-order valence-corrected chi connectivity index (χ1v) is 3.40. The van der Waals surface area contributed by atoms with Crippen molar-refractivity contribution >= 4 is 30.1 Å². The summed E-state index contributed by atoms with van der Waals surface area (Å²) in [6.07, 6.45) is 3.23. The third-order valence-corrected chi connectivity index (χ3v) is 1.48. The fourth-order valence-electron chi connectivity index (χ4n) is 0.732. The Labute approximate surface area is 70.3 Å². The second-order valence-corrected chi connectivity index (χ2v) is 2.32. The first-order valence-electron chi connectivity index (χ1n) is 3.02. The first-order chi connectivity index (χ1) is 5.27. The summed E-state index contributed by atoms with van der Waals surface area (Å²) in [6, 6.07) is 1.69. The summed E-state index contributed by atoms with van der Waals surface area (Å²) >= 11 is 5.63. The zero-order valence-corrected chi connectivity index (χ0v) is 6.67. The van der Waals surface area contributed by atoms with Crippen LogP contribution in [0.4, 0.5) is 5.69 Å². The minimum Gasteiger partial charge on any atom is -0.262 e. The molecular formula is C8H7ClN2. The van der Waals surface area contributed by atoms with Gasteiger partial charge < -0.3 is 0 Å². The maximum atomic E-state index is 5.63. The van der Waals surface area contributed by atoms with Gasteiger partial charge in [0.2, 0.25) is 0 Å². The van der Waals surface area contributed by atoms with E-state index < -0.39 is 0 Å². The van der Waals surface area contributed by atoms with Gasteiger partial charge in [-0.2, -0.15) is 0 Å². The molecule has 0 amide bonds. The Morgan fingerprint density at radius 1 is 1.64 bits per heavy atom. The molecule has 0 atom stereocenters. The van der Waals surface area contributed by atoms with Crippen molar-refractivity contribution in [3.8, 4) is 0 Å². The number of hydrogen-bond acceptors (Lipinski definition) is 2. The Morgan fingerprint density at radius 3 is 2.91 bits per heavy atom. The average molecular weight is 167 g/mol. The van der Waals surface area contributed by atoms with Gasteiger partial charge in [0.05, 0.1) is 11.9 Å². The smallest absolute Gasteiger partial charge is 0.129 e. The van der Waals surface area contributed by atoms with E-state index in [1.807, 2.05) is 0 Å². The van der Waals surface area contributed by atoms with Gasteiger partial charge in [0.1, 0.15) is 5.15 Å². The summed E-state index contributed by atoms with van der Waals surface area (Å²) < 4.78 is 0. The molecule has 0 aromatic carbocycles. The molecule has 0 aliphatic rings. The van der Waals surface area contributed by atoms with E-state index in [1.54, 1.807) is 18.3 Å². The van der Waals surface area contributed by atoms with Crippen LogP contribution in [0, 0.1) is 0 Å². The van der Waals surface area contributed by atoms with E-state index in [0.717, 1.165) is 5.56 Å². The third-order valence-electron chi connectivity index (χ3n) is 1.27. The van der Waals surface area contributed by atoms with Crippen molar-refractivity contribution in [1.82, 2.24) is 4.98 Å². The lowest BCUT2D eigenvalue weighted by atomic mass is 10.2. The van der Waals surface area contributed by atoms with Crippen LogP contribution in [0.5, 0.6) is 0 Å². The highest BCUT2D eigenvalue weighted by molar-refractivity contribution is 6.29. The van der Waals surface area contributed by atoms with Crippen molar-refractivity contribution in [2.75, 3.05) is 0 Å². The van der Waals surface area contributed by atoms with E-state index in [1.165, 1.54) is 0 Å². The summed E-state index contributed by atoms with van der Waals surface area (Å²) in [5.74, 6) is 0. The van der Waals surface area contributed by atoms with Crippen molar-refractivity contribution in [3.63, 3.8) is 0 Å². The molecule has 0 saturated heterocycles. The molecule has 56 valence electrons. The molecule has 0 aliphatic carbocycles. The van der Waals surface area contributed by atoms with Gasteiger partial charge in [-0.1, -0.05) is 24.3 Å². The molecule has 0 bridgehead atoms. The first kappa shape index (κ1) is 7.95. The van der Waals surface area contributed by atoms with E-state index >= 15 is 0 Å². The monoisotopic (exact) mass is 166 g/mol. The quantitative estimate of drug-likeness (QED) is 0.490. The van der Waals surface area contributed by atoms with E-state index in [4.69, 9.17) is 11.6 Å². The Bertz CT molecular complexity index is 294. The highest BCUT2D eigenvalue weighted by Crippen LogP contribution is 2.20. The standard InChI is InChI=1S/C8H7ClN2/c1-3-6-4-8(9)11-5-7(6)10-2/h3-5H,1-2H2. The molecule has 0 spiro atoms. The average Bonchev–Trinajstić information content (AvgIpc) is 2.04. The molecule has 1 aromatic rings. The van der Waals surface area contributed by atoms with Crippen molar-refractivity contribution in [1.29, 1.82) is 0 Å². The minimum atomic E-state index is 0.437. The topological polar surface area (TPSA) is 25.2 Å². The van der Waals surface area contributed by atoms with Crippen molar-refractivity contribution < 1.29 is 0 Å². The SMILES string of the molecule is C=Cc1cc(Cl)ncc1N=C. The summed E-state index contributed by atoms with van der Waals surface area (Å²) in [4.78, 5) is 7.58. The molecule has 2 nitrogen and oxygen atoms in total. The molecule has 3 heteroatoms. The molecule has 0 fully saturated rings. The second-order valence-electron chi connectivity index (χ2n) is 1.93. The highest BCUT2D eigenvalue weighted by atomic mass is 35.5. The summed E-state index contributed by atoms with van der Waals surface area (Å²) in [5.41, 5.74) is 1.55. The zero-order valence-electron chi connectivity index (χ0n) is 5.92. The van der Waals surface area contributed by atoms with Crippen LogP contribution in [-0.2, 0) is 0 Å². The minimum absolute atomic E-state index is 0.437. The predicted octanol–water partition coefficient (Wildman–Crippen LogP) is 2.71. The maximum absolute atomic E-state index is 5.63. The maximum Gasteiger partial charge on any atom is 0.129 e. The van der Waals surface area contributed by atoms with Crippen LogP contribution in [0.3, 0.4) is 0 Å². The van der Waals surface area contributed by atoms with E-state index in [2.05, 4.69) is 23.3 Å². The number of pyridine rings is 1. The van der Waals surface area contributed by atoms with Gasteiger partial charge in [-0.3, -0.25) is 4.99 Å². The molecule has 0 aliphatic heterocycles. The molecule has 1 rings (SSSR count). The molecule has 0 radical (unpaired) electrons. The van der Waals surface area contributed by atoms with Gasteiger partial charge in [0.15, 0.2) is 0 Å². The number of aromatic nitrogens is 1. The van der Waals surface area contributed by atoms with Crippen LogP contribution in [0.2, 0.25) is 5.15 Å². The fraction of sp³-hybridized carbons (Fsp3) is 0. The van der Waals surface area contributed by atoms with Gasteiger partial charge in [0, 0.05) is 5.56 Å². The number of nitrogens with zero attached hydrogens (tertiary/aromatic N) is 2. The van der Waals surface area contributed by atoms with Crippen molar-refractivity contribution in [3.05, 3.63) is 29.6 Å². The molecule has 0 N–H and O–H groups in total. The lowest BCUT2D eigenvalue weighted by Crippen LogP contribution is -1.78. The lowest BCUT2D eigenvalue weighted by Gasteiger charge is -1.97. The van der Waals surface area contributed by atoms with Crippen molar-refractivity contribution in [2.24, 2.45) is 4.99 Å². The van der Waals surface area contributed by atoms with Crippen LogP contribution in [0.1, 0.15) is 5.56 Å². The van der Waals surface area contributed by atoms with Gasteiger partial charge >= 0.3 is 0 Å². The summed E-state index contributed by atoms with van der Waals surface area (Å²) in [7, 11) is 0. The zero-order chi connectivity index (χ0) is 8.27. The molecule has 1 aromatic heterocycles. The molecule has 0 saturated carbocycles. The van der Waals surface area contributed by atoms with Gasteiger partial charge in [-0.15, -0.1) is 0 Å². The third kappa shape index (κ3) is 1.65. The Hall–Kier alpha value is -1.15. The van der Waals surface area contributed by atoms with Gasteiger partial charge in [-0.25, -0.2) is 4.98 Å². The summed E-state index contributed by atoms with van der Waals surface area (Å²) in [5, 5.41) is 0.437. The lowest BCUT2D eigenvalue weighted by molar-refractivity contribution is 1.30. The number of aliphatic imine (C=N–C) groups is 1. The summed E-state index contributed by atoms with van der Waals surface area (Å²) in [6.45, 7) is 6.99. The van der Waals surface area contributed by atoms with Crippen LogP contribution in [-0.4, -0.2) is 11.7 Å². The number of hydrogen-bond donors (Lipinski definition) is 0. The Kier molecular flexibility index (Phi) is 2.39. The molecule has 0 unspecified atom stereocenters. The van der Waals surface area contributed by atoms with E-state index in [-0.39, 0.29) is 0 Å². The van der Waals surface area contributed by atoms with E-state index in [0.29, 0.717) is 10.8 Å². The molecular weight excluding hydrogens is 160 g/mol. The van der Waals surface area contributed by atoms with Crippen molar-refractivity contribution in [2.45, 2.75) is 0 Å². The second kappa shape index (κ2) is 3.30. The van der Waals surface area contributed by atoms with Gasteiger partial charge in [-0.05, 0) is 12.8 Å². The van der Waals surface area contributed by atoms with Crippen LogP contribution in [0.15, 0.2) is 23.8 Å². The van der Waals surface area contributed by atoms with Crippen LogP contribution >= 0.6 is 11.6 Å². The Morgan fingerprint density at radius 2 is 2.36 bits per heavy atom. The Balaban J connectivity index is 3.26. The predicted molar refractivity (Wildman–Crippen MR) is 48.5 cm³/mol. The number of halogens is 1. The largest absolute Gasteiger partial charge is 0.262 e. The highest BCUT2D eigenvalue weighted by Gasteiger charge is 1.97. The fourth-order valence-corrected chi connectivity index (χ4v) is 0.899. The normalized spacial score (nSPS) is 9.18. The van der Waals surface area contributed by atoms with Gasteiger partial charge in [0.25, 0.3) is 0 Å².